The highest BCUT2D eigenvalue weighted by Crippen LogP contribution is 2.04. The highest BCUT2D eigenvalue weighted by molar-refractivity contribution is 5.50. The van der Waals surface area contributed by atoms with Crippen molar-refractivity contribution in [2.75, 3.05) is 0 Å². The zero-order valence-electron chi connectivity index (χ0n) is 5.73. The van der Waals surface area contributed by atoms with E-state index in [0.29, 0.717) is 5.56 Å². The van der Waals surface area contributed by atoms with E-state index in [1.807, 2.05) is 6.07 Å². The van der Waals surface area contributed by atoms with Crippen molar-refractivity contribution in [3.63, 3.8) is 0 Å². The van der Waals surface area contributed by atoms with Crippen molar-refractivity contribution in [3.05, 3.63) is 36.2 Å². The van der Waals surface area contributed by atoms with Gasteiger partial charge in [0.05, 0.1) is 17.1 Å². The van der Waals surface area contributed by atoms with Gasteiger partial charge in [-0.1, -0.05) is 0 Å². The Hall–Kier alpha value is -1.82. The molecule has 2 heterocycles. The van der Waals surface area contributed by atoms with Gasteiger partial charge >= 0.3 is 0 Å². The summed E-state index contributed by atoms with van der Waals surface area (Å²) in [6.45, 7) is 0. The lowest BCUT2D eigenvalue weighted by Gasteiger charge is -1.90. The Kier molecular flexibility index (Phi) is 1.13. The Balaban J connectivity index is 2.79. The van der Waals surface area contributed by atoms with Gasteiger partial charge in [0.25, 0.3) is 0 Å². The van der Waals surface area contributed by atoms with Crippen LogP contribution in [-0.2, 0) is 0 Å². The smallest absolute Gasteiger partial charge is 0.0992 e. The summed E-state index contributed by atoms with van der Waals surface area (Å²) < 4.78 is 1.72. The fourth-order valence-corrected chi connectivity index (χ4v) is 0.991. The van der Waals surface area contributed by atoms with E-state index in [9.17, 15) is 0 Å². The maximum Gasteiger partial charge on any atom is 0.0992 e. The standard InChI is InChI=1S/C8H5N3/c9-6-7-2-4-11-8(5-7)1-3-10-11/h1-5H. The lowest BCUT2D eigenvalue weighted by Crippen LogP contribution is -1.85. The summed E-state index contributed by atoms with van der Waals surface area (Å²) in [5, 5.41) is 12.6. The minimum atomic E-state index is 0.665. The van der Waals surface area contributed by atoms with Gasteiger partial charge in [-0.3, -0.25) is 0 Å². The molecule has 0 aliphatic heterocycles. The summed E-state index contributed by atoms with van der Waals surface area (Å²) in [7, 11) is 0. The Morgan fingerprint density at radius 1 is 1.45 bits per heavy atom. The molecule has 0 spiro atoms. The van der Waals surface area contributed by atoms with Crippen LogP contribution in [-0.4, -0.2) is 9.61 Å². The topological polar surface area (TPSA) is 41.1 Å². The first-order chi connectivity index (χ1) is 5.40. The zero-order chi connectivity index (χ0) is 7.68. The summed E-state index contributed by atoms with van der Waals surface area (Å²) in [5.41, 5.74) is 1.61. The molecule has 0 fully saturated rings. The summed E-state index contributed by atoms with van der Waals surface area (Å²) in [4.78, 5) is 0. The fourth-order valence-electron chi connectivity index (χ4n) is 0.991. The Labute approximate surface area is 63.5 Å². The van der Waals surface area contributed by atoms with Gasteiger partial charge in [0.1, 0.15) is 0 Å². The summed E-state index contributed by atoms with van der Waals surface area (Å²) in [5.74, 6) is 0. The fraction of sp³-hybridized carbons (Fsp3) is 0. The summed E-state index contributed by atoms with van der Waals surface area (Å²) in [6.07, 6.45) is 3.48. The molecule has 2 aromatic heterocycles. The second-order valence-corrected chi connectivity index (χ2v) is 2.23. The van der Waals surface area contributed by atoms with Gasteiger partial charge in [-0.2, -0.15) is 10.4 Å². The molecule has 0 radical (unpaired) electrons. The van der Waals surface area contributed by atoms with Gasteiger partial charge in [-0.25, -0.2) is 4.52 Å². The van der Waals surface area contributed by atoms with E-state index in [4.69, 9.17) is 5.26 Å². The number of nitrogens with zero attached hydrogens (tertiary/aromatic N) is 3. The van der Waals surface area contributed by atoms with E-state index >= 15 is 0 Å². The van der Waals surface area contributed by atoms with Crippen LogP contribution in [0.3, 0.4) is 0 Å². The first kappa shape index (κ1) is 5.93. The van der Waals surface area contributed by atoms with E-state index in [0.717, 1.165) is 5.52 Å². The zero-order valence-corrected chi connectivity index (χ0v) is 5.73. The van der Waals surface area contributed by atoms with Crippen LogP contribution in [0.25, 0.3) is 5.52 Å². The molecule has 11 heavy (non-hydrogen) atoms. The molecular weight excluding hydrogens is 138 g/mol. The lowest BCUT2D eigenvalue weighted by molar-refractivity contribution is 0.960. The van der Waals surface area contributed by atoms with Crippen molar-refractivity contribution in [1.82, 2.24) is 9.61 Å². The summed E-state index contributed by atoms with van der Waals surface area (Å²) in [6, 6.07) is 7.46. The third kappa shape index (κ3) is 0.849. The first-order valence-electron chi connectivity index (χ1n) is 3.23. The van der Waals surface area contributed by atoms with Gasteiger partial charge < -0.3 is 0 Å². The molecule has 2 rings (SSSR count). The third-order valence-electron chi connectivity index (χ3n) is 1.53. The van der Waals surface area contributed by atoms with Gasteiger partial charge in [0.2, 0.25) is 0 Å². The number of hydrogen-bond donors (Lipinski definition) is 0. The second kappa shape index (κ2) is 2.10. The molecule has 0 aliphatic carbocycles. The quantitative estimate of drug-likeness (QED) is 0.556. The van der Waals surface area contributed by atoms with Crippen LogP contribution in [0.4, 0.5) is 0 Å². The van der Waals surface area contributed by atoms with Gasteiger partial charge in [0, 0.05) is 12.4 Å². The minimum absolute atomic E-state index is 0.665. The molecule has 0 saturated heterocycles. The van der Waals surface area contributed by atoms with Crippen molar-refractivity contribution in [3.8, 4) is 6.07 Å². The second-order valence-electron chi connectivity index (χ2n) is 2.23. The van der Waals surface area contributed by atoms with Crippen molar-refractivity contribution in [2.45, 2.75) is 0 Å². The number of aromatic nitrogens is 2. The number of rotatable bonds is 0. The SMILES string of the molecule is N#Cc1ccn2nccc2c1. The van der Waals surface area contributed by atoms with Crippen molar-refractivity contribution < 1.29 is 0 Å². The molecule has 52 valence electrons. The number of hydrogen-bond acceptors (Lipinski definition) is 2. The molecule has 0 unspecified atom stereocenters. The largest absolute Gasteiger partial charge is 0.241 e. The van der Waals surface area contributed by atoms with E-state index in [2.05, 4.69) is 11.2 Å². The number of fused-ring (bicyclic) bond motifs is 1. The molecule has 0 aromatic carbocycles. The molecule has 3 nitrogen and oxygen atoms in total. The van der Waals surface area contributed by atoms with Crippen molar-refractivity contribution >= 4 is 5.52 Å². The predicted molar refractivity (Wildman–Crippen MR) is 39.9 cm³/mol. The molecule has 3 heteroatoms. The molecule has 0 atom stereocenters. The van der Waals surface area contributed by atoms with Crippen LogP contribution in [0.1, 0.15) is 5.56 Å². The van der Waals surface area contributed by atoms with Crippen molar-refractivity contribution in [2.24, 2.45) is 0 Å². The van der Waals surface area contributed by atoms with E-state index < -0.39 is 0 Å². The predicted octanol–water partition coefficient (Wildman–Crippen LogP) is 1.21. The first-order valence-corrected chi connectivity index (χ1v) is 3.23. The molecule has 0 saturated carbocycles. The van der Waals surface area contributed by atoms with E-state index in [1.165, 1.54) is 0 Å². The number of nitriles is 1. The Morgan fingerprint density at radius 3 is 3.18 bits per heavy atom. The van der Waals surface area contributed by atoms with Crippen molar-refractivity contribution in [1.29, 1.82) is 5.26 Å². The van der Waals surface area contributed by atoms with Crippen LogP contribution < -0.4 is 0 Å². The van der Waals surface area contributed by atoms with Gasteiger partial charge in [-0.05, 0) is 18.2 Å². The van der Waals surface area contributed by atoms with Crippen LogP contribution in [0.2, 0.25) is 0 Å². The minimum Gasteiger partial charge on any atom is -0.241 e. The normalized spacial score (nSPS) is 9.73. The monoisotopic (exact) mass is 143 g/mol. The molecule has 0 aliphatic rings. The van der Waals surface area contributed by atoms with Crippen LogP contribution in [0.15, 0.2) is 30.6 Å². The Morgan fingerprint density at radius 2 is 2.36 bits per heavy atom. The van der Waals surface area contributed by atoms with E-state index in [-0.39, 0.29) is 0 Å². The molecule has 0 amide bonds. The third-order valence-corrected chi connectivity index (χ3v) is 1.53. The van der Waals surface area contributed by atoms with Crippen LogP contribution in [0, 0.1) is 11.3 Å². The highest BCUT2D eigenvalue weighted by Gasteiger charge is 1.93. The average molecular weight is 143 g/mol. The maximum atomic E-state index is 8.55. The maximum absolute atomic E-state index is 8.55. The molecule has 2 aromatic rings. The van der Waals surface area contributed by atoms with Crippen LogP contribution >= 0.6 is 0 Å². The Bertz CT molecular complexity index is 422. The number of pyridine rings is 1. The van der Waals surface area contributed by atoms with Crippen LogP contribution in [0.5, 0.6) is 0 Å². The van der Waals surface area contributed by atoms with Gasteiger partial charge in [0.15, 0.2) is 0 Å². The van der Waals surface area contributed by atoms with E-state index in [1.54, 1.807) is 29.0 Å². The lowest BCUT2D eigenvalue weighted by atomic mass is 10.3. The molecular formula is C8H5N3. The summed E-state index contributed by atoms with van der Waals surface area (Å²) >= 11 is 0. The van der Waals surface area contributed by atoms with Gasteiger partial charge in [-0.15, -0.1) is 0 Å². The average Bonchev–Trinajstić information content (AvgIpc) is 2.50. The molecule has 0 N–H and O–H groups in total. The molecule has 0 bridgehead atoms. The highest BCUT2D eigenvalue weighted by atomic mass is 15.2.